The highest BCUT2D eigenvalue weighted by atomic mass is 19.4. The van der Waals surface area contributed by atoms with Crippen molar-refractivity contribution >= 4 is 17.7 Å². The molecule has 1 unspecified atom stereocenters. The van der Waals surface area contributed by atoms with Crippen LogP contribution in [0, 0.1) is 0 Å². The van der Waals surface area contributed by atoms with E-state index in [0.29, 0.717) is 24.8 Å². The van der Waals surface area contributed by atoms with Gasteiger partial charge in [0, 0.05) is 69.1 Å². The third kappa shape index (κ3) is 8.08. The summed E-state index contributed by atoms with van der Waals surface area (Å²) in [6.45, 7) is 7.07. The van der Waals surface area contributed by atoms with Gasteiger partial charge in [0.05, 0.1) is 17.7 Å². The zero-order chi connectivity index (χ0) is 32.9. The molecular weight excluding hydrogens is 599 g/mol. The van der Waals surface area contributed by atoms with Gasteiger partial charge in [-0.05, 0) is 82.0 Å². The molecule has 0 radical (unpaired) electrons. The number of piperazine rings is 1. The number of alkyl halides is 3. The minimum atomic E-state index is -4.55. The number of rotatable bonds is 9. The first kappa shape index (κ1) is 33.9. The van der Waals surface area contributed by atoms with Crippen LogP contribution in [0.1, 0.15) is 70.9 Å². The van der Waals surface area contributed by atoms with E-state index in [0.717, 1.165) is 82.5 Å². The van der Waals surface area contributed by atoms with Crippen molar-refractivity contribution in [2.75, 3.05) is 59.5 Å². The van der Waals surface area contributed by atoms with E-state index in [4.69, 9.17) is 4.74 Å². The maximum Gasteiger partial charge on any atom is 0.416 e. The van der Waals surface area contributed by atoms with Gasteiger partial charge in [0.15, 0.2) is 0 Å². The van der Waals surface area contributed by atoms with Crippen molar-refractivity contribution in [3.63, 3.8) is 0 Å². The number of carbonyl (C=O) groups is 3. The van der Waals surface area contributed by atoms with Crippen molar-refractivity contribution < 1.29 is 32.3 Å². The Morgan fingerprint density at radius 3 is 2.28 bits per heavy atom. The Kier molecular flexibility index (Phi) is 10.7. The second-order valence-corrected chi connectivity index (χ2v) is 12.6. The highest BCUT2D eigenvalue weighted by Gasteiger charge is 2.41. The Labute approximate surface area is 268 Å². The van der Waals surface area contributed by atoms with Gasteiger partial charge in [-0.1, -0.05) is 18.2 Å². The SMILES string of the molecule is CCOC1(c2ccc(C(=O)N3CCN(C)CC3)cc2)CCC(N2CCC(NC(=O)CNC(=O)c3cccc(C(F)(F)F)c3)C2)CC1. The monoisotopic (exact) mass is 643 g/mol. The summed E-state index contributed by atoms with van der Waals surface area (Å²) >= 11 is 0. The summed E-state index contributed by atoms with van der Waals surface area (Å²) in [5.74, 6) is -1.03. The van der Waals surface area contributed by atoms with Gasteiger partial charge in [0.25, 0.3) is 11.8 Å². The molecule has 12 heteroatoms. The number of hydrogen-bond acceptors (Lipinski definition) is 6. The molecule has 3 fully saturated rings. The Morgan fingerprint density at radius 2 is 1.63 bits per heavy atom. The van der Waals surface area contributed by atoms with E-state index in [9.17, 15) is 27.6 Å². The first-order chi connectivity index (χ1) is 22.0. The van der Waals surface area contributed by atoms with Crippen LogP contribution < -0.4 is 10.6 Å². The van der Waals surface area contributed by atoms with E-state index >= 15 is 0 Å². The molecule has 1 aliphatic carbocycles. The fourth-order valence-corrected chi connectivity index (χ4v) is 6.95. The van der Waals surface area contributed by atoms with Crippen LogP contribution in [-0.4, -0.2) is 104 Å². The molecule has 0 spiro atoms. The number of ether oxygens (including phenoxy) is 1. The quantitative estimate of drug-likeness (QED) is 0.431. The molecule has 2 aromatic rings. The summed E-state index contributed by atoms with van der Waals surface area (Å²) in [5.41, 5.74) is 0.342. The molecule has 9 nitrogen and oxygen atoms in total. The van der Waals surface area contributed by atoms with Crippen LogP contribution in [0.3, 0.4) is 0 Å². The number of amides is 3. The van der Waals surface area contributed by atoms with Gasteiger partial charge in [-0.2, -0.15) is 13.2 Å². The summed E-state index contributed by atoms with van der Waals surface area (Å²) in [5, 5.41) is 5.38. The molecule has 2 N–H and O–H groups in total. The largest absolute Gasteiger partial charge is 0.416 e. The first-order valence-corrected chi connectivity index (χ1v) is 16.2. The lowest BCUT2D eigenvalue weighted by Gasteiger charge is -2.43. The average Bonchev–Trinajstić information content (AvgIpc) is 3.52. The highest BCUT2D eigenvalue weighted by molar-refractivity contribution is 5.96. The second kappa shape index (κ2) is 14.5. The molecule has 250 valence electrons. The van der Waals surface area contributed by atoms with E-state index in [1.54, 1.807) is 0 Å². The lowest BCUT2D eigenvalue weighted by molar-refractivity contribution is -0.137. The van der Waals surface area contributed by atoms with Crippen LogP contribution in [0.25, 0.3) is 0 Å². The van der Waals surface area contributed by atoms with Crippen molar-refractivity contribution in [3.05, 3.63) is 70.8 Å². The van der Waals surface area contributed by atoms with Crippen LogP contribution in [0.5, 0.6) is 0 Å². The molecular formula is C34H44F3N5O4. The first-order valence-electron chi connectivity index (χ1n) is 16.2. The molecule has 3 aliphatic rings. The maximum atomic E-state index is 13.0. The summed E-state index contributed by atoms with van der Waals surface area (Å²) in [4.78, 5) is 44.5. The molecule has 2 aliphatic heterocycles. The van der Waals surface area contributed by atoms with Crippen molar-refractivity contribution in [2.45, 2.75) is 62.9 Å². The van der Waals surface area contributed by atoms with Crippen LogP contribution >= 0.6 is 0 Å². The van der Waals surface area contributed by atoms with Crippen LogP contribution in [0.2, 0.25) is 0 Å². The van der Waals surface area contributed by atoms with Gasteiger partial charge in [-0.3, -0.25) is 19.3 Å². The molecule has 2 aromatic carbocycles. The molecule has 3 amide bonds. The van der Waals surface area contributed by atoms with Crippen molar-refractivity contribution in [1.29, 1.82) is 0 Å². The van der Waals surface area contributed by atoms with E-state index in [1.165, 1.54) is 12.1 Å². The van der Waals surface area contributed by atoms with Gasteiger partial charge < -0.3 is 25.2 Å². The molecule has 1 saturated carbocycles. The smallest absolute Gasteiger partial charge is 0.371 e. The number of hydrogen-bond donors (Lipinski definition) is 2. The Hall–Kier alpha value is -3.48. The number of likely N-dealkylation sites (tertiary alicyclic amines) is 1. The second-order valence-electron chi connectivity index (χ2n) is 12.6. The molecule has 0 bridgehead atoms. The lowest BCUT2D eigenvalue weighted by atomic mass is 9.77. The number of nitrogens with one attached hydrogen (secondary N) is 2. The van der Waals surface area contributed by atoms with Crippen LogP contribution in [-0.2, 0) is 21.3 Å². The number of halogens is 3. The normalized spacial score (nSPS) is 24.5. The molecule has 2 saturated heterocycles. The molecule has 2 heterocycles. The maximum absolute atomic E-state index is 13.0. The summed E-state index contributed by atoms with van der Waals surface area (Å²) in [6, 6.07) is 12.4. The van der Waals surface area contributed by atoms with Crippen molar-refractivity contribution in [1.82, 2.24) is 25.3 Å². The van der Waals surface area contributed by atoms with Gasteiger partial charge in [-0.25, -0.2) is 0 Å². The fraction of sp³-hybridized carbons (Fsp3) is 0.559. The number of carbonyl (C=O) groups excluding carboxylic acids is 3. The standard InChI is InChI=1S/C34H44F3N5O4/c1-3-46-33(26-9-7-24(8-10-26)32(45)41-19-17-40(2)18-20-41)14-11-29(12-15-33)42-16-13-28(23-42)39-30(43)22-38-31(44)25-5-4-6-27(21-25)34(35,36)37/h4-10,21,28-29H,3,11-20,22-23H2,1-2H3,(H,38,44)(H,39,43). The molecule has 46 heavy (non-hydrogen) atoms. The van der Waals surface area contributed by atoms with Crippen molar-refractivity contribution in [3.8, 4) is 0 Å². The summed E-state index contributed by atoms with van der Waals surface area (Å²) in [6.07, 6.45) is -0.185. The van der Waals surface area contributed by atoms with Gasteiger partial charge >= 0.3 is 6.18 Å². The number of likely N-dealkylation sites (N-methyl/N-ethyl adjacent to an activating group) is 1. The van der Waals surface area contributed by atoms with Gasteiger partial charge in [0.2, 0.25) is 5.91 Å². The van der Waals surface area contributed by atoms with E-state index in [2.05, 4.69) is 27.5 Å². The molecule has 1 atom stereocenters. The van der Waals surface area contributed by atoms with E-state index in [-0.39, 0.29) is 30.0 Å². The minimum absolute atomic E-state index is 0.0677. The topological polar surface area (TPSA) is 94.2 Å². The predicted molar refractivity (Wildman–Crippen MR) is 167 cm³/mol. The Bertz CT molecular complexity index is 1370. The molecule has 5 rings (SSSR count). The van der Waals surface area contributed by atoms with E-state index < -0.39 is 23.2 Å². The Morgan fingerprint density at radius 1 is 0.935 bits per heavy atom. The summed E-state index contributed by atoms with van der Waals surface area (Å²) < 4.78 is 45.3. The zero-order valence-corrected chi connectivity index (χ0v) is 26.6. The number of benzene rings is 2. The highest BCUT2D eigenvalue weighted by Crippen LogP contribution is 2.42. The fourth-order valence-electron chi connectivity index (χ4n) is 6.95. The summed E-state index contributed by atoms with van der Waals surface area (Å²) in [7, 11) is 2.07. The van der Waals surface area contributed by atoms with Crippen LogP contribution in [0.4, 0.5) is 13.2 Å². The third-order valence-electron chi connectivity index (χ3n) is 9.59. The van der Waals surface area contributed by atoms with Gasteiger partial charge in [-0.15, -0.1) is 0 Å². The third-order valence-corrected chi connectivity index (χ3v) is 9.59. The number of nitrogens with zero attached hydrogens (tertiary/aromatic N) is 3. The zero-order valence-electron chi connectivity index (χ0n) is 26.6. The van der Waals surface area contributed by atoms with Gasteiger partial charge in [0.1, 0.15) is 0 Å². The average molecular weight is 644 g/mol. The molecule has 0 aromatic heterocycles. The Balaban J connectivity index is 1.09. The predicted octanol–water partition coefficient (Wildman–Crippen LogP) is 3.89. The van der Waals surface area contributed by atoms with E-state index in [1.807, 2.05) is 36.1 Å². The minimum Gasteiger partial charge on any atom is -0.371 e. The lowest BCUT2D eigenvalue weighted by Crippen LogP contribution is -2.47. The van der Waals surface area contributed by atoms with Crippen LogP contribution in [0.15, 0.2) is 48.5 Å². The van der Waals surface area contributed by atoms with Crippen molar-refractivity contribution in [2.24, 2.45) is 0 Å².